The van der Waals surface area contributed by atoms with Crippen LogP contribution in [0.25, 0.3) is 5.69 Å². The molecule has 1 aromatic heterocycles. The number of tetrazole rings is 1. The molecule has 0 spiro atoms. The Hall–Kier alpha value is -2.09. The molecule has 26 heavy (non-hydrogen) atoms. The molecule has 0 aliphatic heterocycles. The van der Waals surface area contributed by atoms with Crippen LogP contribution in [0.15, 0.2) is 59.8 Å². The van der Waals surface area contributed by atoms with Gasteiger partial charge in [-0.15, -0.1) is 5.10 Å². The summed E-state index contributed by atoms with van der Waals surface area (Å²) in [6.45, 7) is 4.31. The van der Waals surface area contributed by atoms with Gasteiger partial charge < -0.3 is 22.5 Å². The number of hydrogen-bond acceptors (Lipinski definition) is 6. The third-order valence-electron chi connectivity index (χ3n) is 3.54. The van der Waals surface area contributed by atoms with E-state index in [1.807, 2.05) is 55.5 Å². The van der Waals surface area contributed by atoms with Crippen molar-refractivity contribution in [3.8, 4) is 11.4 Å². The SMILES string of the molecule is CCOc1ccccc1CNCCSc1nnnn1-c1ccccc1.[Cl-]. The Morgan fingerprint density at radius 1 is 1.08 bits per heavy atom. The lowest BCUT2D eigenvalue weighted by molar-refractivity contribution is -0.00000573. The highest BCUT2D eigenvalue weighted by Gasteiger charge is 2.08. The number of nitrogens with one attached hydrogen (secondary N) is 1. The van der Waals surface area contributed by atoms with Crippen molar-refractivity contribution in [2.75, 3.05) is 18.9 Å². The standard InChI is InChI=1S/C18H21N5OS.ClH/c1-2-24-17-11-7-6-8-15(17)14-19-12-13-25-18-20-21-22-23(18)16-9-4-3-5-10-16;/h3-11,19H,2,12-14H2,1H3;1H/p-1. The van der Waals surface area contributed by atoms with E-state index in [2.05, 4.69) is 26.9 Å². The van der Waals surface area contributed by atoms with Crippen LogP contribution in [0.3, 0.4) is 0 Å². The molecule has 8 heteroatoms. The first-order valence-electron chi connectivity index (χ1n) is 8.26. The van der Waals surface area contributed by atoms with Crippen LogP contribution in [0, 0.1) is 0 Å². The molecule has 138 valence electrons. The van der Waals surface area contributed by atoms with Crippen LogP contribution >= 0.6 is 11.8 Å². The summed E-state index contributed by atoms with van der Waals surface area (Å²) >= 11 is 1.63. The van der Waals surface area contributed by atoms with E-state index >= 15 is 0 Å². The number of ether oxygens (including phenoxy) is 1. The van der Waals surface area contributed by atoms with Crippen molar-refractivity contribution in [1.82, 2.24) is 25.5 Å². The minimum absolute atomic E-state index is 0. The maximum Gasteiger partial charge on any atom is 0.214 e. The lowest BCUT2D eigenvalue weighted by atomic mass is 10.2. The molecule has 0 saturated heterocycles. The molecule has 0 radical (unpaired) electrons. The van der Waals surface area contributed by atoms with Crippen molar-refractivity contribution in [2.24, 2.45) is 0 Å². The highest BCUT2D eigenvalue weighted by Crippen LogP contribution is 2.19. The van der Waals surface area contributed by atoms with E-state index in [0.717, 1.165) is 35.4 Å². The quantitative estimate of drug-likeness (QED) is 0.408. The fourth-order valence-electron chi connectivity index (χ4n) is 2.38. The zero-order chi connectivity index (χ0) is 17.3. The Bertz CT molecular complexity index is 784. The van der Waals surface area contributed by atoms with Crippen molar-refractivity contribution < 1.29 is 17.1 Å². The first-order chi connectivity index (χ1) is 12.4. The molecule has 0 atom stereocenters. The molecular weight excluding hydrogens is 370 g/mol. The average molecular weight is 391 g/mol. The summed E-state index contributed by atoms with van der Waals surface area (Å²) in [4.78, 5) is 0. The van der Waals surface area contributed by atoms with Gasteiger partial charge in [-0.2, -0.15) is 4.68 Å². The van der Waals surface area contributed by atoms with Crippen LogP contribution in [-0.4, -0.2) is 39.1 Å². The van der Waals surface area contributed by atoms with Gasteiger partial charge in [-0.25, -0.2) is 0 Å². The van der Waals surface area contributed by atoms with Gasteiger partial charge >= 0.3 is 0 Å². The highest BCUT2D eigenvalue weighted by molar-refractivity contribution is 7.99. The Labute approximate surface area is 163 Å². The van der Waals surface area contributed by atoms with Crippen molar-refractivity contribution in [1.29, 1.82) is 0 Å². The predicted molar refractivity (Wildman–Crippen MR) is 99.2 cm³/mol. The Kier molecular flexibility index (Phi) is 8.40. The minimum Gasteiger partial charge on any atom is -1.00 e. The maximum atomic E-state index is 5.64. The summed E-state index contributed by atoms with van der Waals surface area (Å²) < 4.78 is 7.40. The van der Waals surface area contributed by atoms with E-state index in [-0.39, 0.29) is 12.4 Å². The monoisotopic (exact) mass is 390 g/mol. The second-order valence-electron chi connectivity index (χ2n) is 5.27. The molecule has 0 aliphatic carbocycles. The van der Waals surface area contributed by atoms with Crippen molar-refractivity contribution >= 4 is 11.8 Å². The van der Waals surface area contributed by atoms with E-state index in [0.29, 0.717) is 6.61 Å². The molecule has 0 saturated carbocycles. The van der Waals surface area contributed by atoms with Gasteiger partial charge in [-0.1, -0.05) is 48.2 Å². The number of benzene rings is 2. The number of rotatable bonds is 9. The number of nitrogens with zero attached hydrogens (tertiary/aromatic N) is 4. The van der Waals surface area contributed by atoms with Crippen LogP contribution < -0.4 is 22.5 Å². The third-order valence-corrected chi connectivity index (χ3v) is 4.46. The van der Waals surface area contributed by atoms with Crippen LogP contribution in [0.5, 0.6) is 5.75 Å². The third kappa shape index (κ3) is 5.45. The van der Waals surface area contributed by atoms with Crippen molar-refractivity contribution in [2.45, 2.75) is 18.6 Å². The molecule has 0 aliphatic rings. The molecule has 2 aromatic carbocycles. The topological polar surface area (TPSA) is 64.9 Å². The fraction of sp³-hybridized carbons (Fsp3) is 0.278. The fourth-order valence-corrected chi connectivity index (χ4v) is 3.17. The van der Waals surface area contributed by atoms with Crippen molar-refractivity contribution in [3.05, 3.63) is 60.2 Å². The summed E-state index contributed by atoms with van der Waals surface area (Å²) in [6, 6.07) is 18.0. The largest absolute Gasteiger partial charge is 1.00 e. The molecule has 0 fully saturated rings. The lowest BCUT2D eigenvalue weighted by Crippen LogP contribution is -3.00. The number of halogens is 1. The second-order valence-corrected chi connectivity index (χ2v) is 6.34. The van der Waals surface area contributed by atoms with Crippen LogP contribution in [0.2, 0.25) is 0 Å². The van der Waals surface area contributed by atoms with E-state index < -0.39 is 0 Å². The van der Waals surface area contributed by atoms with E-state index in [1.54, 1.807) is 16.4 Å². The van der Waals surface area contributed by atoms with Gasteiger partial charge in [-0.05, 0) is 35.5 Å². The highest BCUT2D eigenvalue weighted by atomic mass is 35.5. The van der Waals surface area contributed by atoms with Gasteiger partial charge in [0, 0.05) is 24.4 Å². The van der Waals surface area contributed by atoms with Gasteiger partial charge in [0.25, 0.3) is 0 Å². The van der Waals surface area contributed by atoms with Crippen LogP contribution in [-0.2, 0) is 6.54 Å². The smallest absolute Gasteiger partial charge is 0.214 e. The predicted octanol–water partition coefficient (Wildman–Crippen LogP) is -0.0531. The summed E-state index contributed by atoms with van der Waals surface area (Å²) in [6.07, 6.45) is 0. The van der Waals surface area contributed by atoms with E-state index in [9.17, 15) is 0 Å². The zero-order valence-electron chi connectivity index (χ0n) is 14.5. The summed E-state index contributed by atoms with van der Waals surface area (Å²) in [5.41, 5.74) is 2.14. The first-order valence-corrected chi connectivity index (χ1v) is 9.25. The Morgan fingerprint density at radius 2 is 1.85 bits per heavy atom. The zero-order valence-corrected chi connectivity index (χ0v) is 16.1. The molecule has 1 N–H and O–H groups in total. The first kappa shape index (κ1) is 20.2. The molecule has 0 bridgehead atoms. The van der Waals surface area contributed by atoms with E-state index in [4.69, 9.17) is 4.74 Å². The minimum atomic E-state index is 0. The van der Waals surface area contributed by atoms with E-state index in [1.165, 1.54) is 5.56 Å². The Morgan fingerprint density at radius 3 is 2.65 bits per heavy atom. The van der Waals surface area contributed by atoms with Crippen LogP contribution in [0.1, 0.15) is 12.5 Å². The van der Waals surface area contributed by atoms with Crippen molar-refractivity contribution in [3.63, 3.8) is 0 Å². The van der Waals surface area contributed by atoms with Gasteiger partial charge in [-0.3, -0.25) is 0 Å². The molecule has 6 nitrogen and oxygen atoms in total. The van der Waals surface area contributed by atoms with Crippen LogP contribution in [0.4, 0.5) is 0 Å². The Balaban J connectivity index is 0.00000243. The molecule has 0 amide bonds. The number of aromatic nitrogens is 4. The summed E-state index contributed by atoms with van der Waals surface area (Å²) in [5, 5.41) is 16.2. The second kappa shape index (κ2) is 10.8. The van der Waals surface area contributed by atoms with Gasteiger partial charge in [0.1, 0.15) is 5.75 Å². The number of hydrogen-bond donors (Lipinski definition) is 1. The number of para-hydroxylation sites is 2. The summed E-state index contributed by atoms with van der Waals surface area (Å²) in [7, 11) is 0. The molecule has 0 unspecified atom stereocenters. The molecule has 3 aromatic rings. The van der Waals surface area contributed by atoms with Gasteiger partial charge in [0.2, 0.25) is 5.16 Å². The lowest BCUT2D eigenvalue weighted by Gasteiger charge is -2.10. The van der Waals surface area contributed by atoms with Gasteiger partial charge in [0.05, 0.1) is 12.3 Å². The number of thioether (sulfide) groups is 1. The molecule has 3 rings (SSSR count). The van der Waals surface area contributed by atoms with Gasteiger partial charge in [0.15, 0.2) is 0 Å². The normalized spacial score (nSPS) is 10.3. The molecular formula is C18H21ClN5OS-. The maximum absolute atomic E-state index is 5.64. The molecule has 1 heterocycles. The summed E-state index contributed by atoms with van der Waals surface area (Å²) in [5.74, 6) is 1.82. The average Bonchev–Trinajstić information content (AvgIpc) is 3.12.